The van der Waals surface area contributed by atoms with Gasteiger partial charge in [-0.05, 0) is 17.0 Å². The van der Waals surface area contributed by atoms with E-state index in [1.807, 2.05) is 13.0 Å². The van der Waals surface area contributed by atoms with E-state index >= 15 is 0 Å². The summed E-state index contributed by atoms with van der Waals surface area (Å²) in [4.78, 5) is 31.5. The van der Waals surface area contributed by atoms with Crippen LogP contribution in [-0.2, 0) is 6.42 Å². The predicted octanol–water partition coefficient (Wildman–Crippen LogP) is 4.92. The molecular formula is C22H19F3N2O2. The van der Waals surface area contributed by atoms with Crippen molar-refractivity contribution in [2.24, 2.45) is 0 Å². The summed E-state index contributed by atoms with van der Waals surface area (Å²) >= 11 is 0. The van der Waals surface area contributed by atoms with Crippen LogP contribution >= 0.6 is 0 Å². The molecule has 0 unspecified atom stereocenters. The molecule has 0 aliphatic rings. The molecule has 0 fully saturated rings. The van der Waals surface area contributed by atoms with Gasteiger partial charge < -0.3 is 4.98 Å². The summed E-state index contributed by atoms with van der Waals surface area (Å²) in [6, 6.07) is 16.2. The van der Waals surface area contributed by atoms with E-state index < -0.39 is 18.2 Å². The number of benzene rings is 2. The number of carbonyl (C=O) groups excluding carboxylic acids is 1. The maximum absolute atomic E-state index is 12.7. The number of rotatable bonds is 6. The first kappa shape index (κ1) is 20.5. The van der Waals surface area contributed by atoms with Gasteiger partial charge in [-0.3, -0.25) is 9.59 Å². The maximum atomic E-state index is 12.7. The van der Waals surface area contributed by atoms with Gasteiger partial charge in [0.25, 0.3) is 5.56 Å². The molecule has 1 atom stereocenters. The molecular weight excluding hydrogens is 381 g/mol. The summed E-state index contributed by atoms with van der Waals surface area (Å²) in [6.45, 7) is 1.81. The van der Waals surface area contributed by atoms with Gasteiger partial charge >= 0.3 is 6.18 Å². The lowest BCUT2D eigenvalue weighted by Crippen LogP contribution is -2.15. The Morgan fingerprint density at radius 2 is 1.72 bits per heavy atom. The molecule has 0 radical (unpaired) electrons. The maximum Gasteiger partial charge on any atom is 0.393 e. The van der Waals surface area contributed by atoms with Crippen molar-refractivity contribution in [2.45, 2.75) is 31.9 Å². The Balaban J connectivity index is 1.74. The summed E-state index contributed by atoms with van der Waals surface area (Å²) in [6.07, 6.45) is -5.16. The molecule has 3 rings (SSSR count). The van der Waals surface area contributed by atoms with Crippen LogP contribution in [0.1, 0.15) is 40.9 Å². The number of carbonyl (C=O) groups is 1. The Kier molecular flexibility index (Phi) is 5.96. The van der Waals surface area contributed by atoms with Crippen LogP contribution in [-0.4, -0.2) is 21.9 Å². The predicted molar refractivity (Wildman–Crippen MR) is 104 cm³/mol. The number of hydrogen-bond donors (Lipinski definition) is 1. The molecule has 1 aromatic heterocycles. The summed E-state index contributed by atoms with van der Waals surface area (Å²) in [5.41, 5.74) is 1.24. The highest BCUT2D eigenvalue weighted by molar-refractivity contribution is 5.95. The van der Waals surface area contributed by atoms with Crippen molar-refractivity contribution >= 4 is 5.78 Å². The molecule has 1 N–H and O–H groups in total. The Labute approximate surface area is 165 Å². The average Bonchev–Trinajstić information content (AvgIpc) is 2.67. The molecule has 150 valence electrons. The van der Waals surface area contributed by atoms with E-state index in [1.54, 1.807) is 36.4 Å². The highest BCUT2D eigenvalue weighted by atomic mass is 19.4. The van der Waals surface area contributed by atoms with Gasteiger partial charge in [-0.15, -0.1) is 0 Å². The lowest BCUT2D eigenvalue weighted by Gasteiger charge is -2.13. The molecule has 0 bridgehead atoms. The minimum absolute atomic E-state index is 0.0631. The van der Waals surface area contributed by atoms with Crippen LogP contribution in [0.4, 0.5) is 13.2 Å². The van der Waals surface area contributed by atoms with Crippen LogP contribution in [0.15, 0.2) is 65.5 Å². The number of H-pyrrole nitrogens is 1. The average molecular weight is 400 g/mol. The zero-order valence-electron chi connectivity index (χ0n) is 15.7. The third-order valence-electron chi connectivity index (χ3n) is 4.52. The molecule has 3 aromatic rings. The minimum Gasteiger partial charge on any atom is -0.306 e. The summed E-state index contributed by atoms with van der Waals surface area (Å²) < 4.78 is 37.4. The standard InChI is InChI=1S/C22H19F3N2O2/c1-14(16-9-7-15(8-10-16)13-22(23,24)25)11-19(28)18-12-20(29)27-21(26-18)17-5-3-2-4-6-17/h2-10,12,14H,11,13H2,1H3,(H,26,27,29)/t14-/m0/s1. The number of aromatic amines is 1. The molecule has 4 nitrogen and oxygen atoms in total. The molecule has 0 amide bonds. The highest BCUT2D eigenvalue weighted by Gasteiger charge is 2.27. The number of ketones is 1. The van der Waals surface area contributed by atoms with Crippen molar-refractivity contribution in [3.8, 4) is 11.4 Å². The topological polar surface area (TPSA) is 62.8 Å². The second kappa shape index (κ2) is 8.43. The first-order valence-electron chi connectivity index (χ1n) is 9.07. The van der Waals surface area contributed by atoms with Crippen molar-refractivity contribution in [3.05, 3.63) is 87.8 Å². The molecule has 0 aliphatic heterocycles. The van der Waals surface area contributed by atoms with Gasteiger partial charge in [0.05, 0.1) is 6.42 Å². The van der Waals surface area contributed by atoms with Gasteiger partial charge in [-0.25, -0.2) is 4.98 Å². The van der Waals surface area contributed by atoms with Crippen molar-refractivity contribution in [3.63, 3.8) is 0 Å². The van der Waals surface area contributed by atoms with Gasteiger partial charge in [-0.1, -0.05) is 61.5 Å². The fourth-order valence-electron chi connectivity index (χ4n) is 3.03. The minimum atomic E-state index is -4.26. The Bertz CT molecular complexity index is 1040. The van der Waals surface area contributed by atoms with E-state index in [1.165, 1.54) is 12.1 Å². The van der Waals surface area contributed by atoms with Gasteiger partial charge in [0, 0.05) is 18.1 Å². The lowest BCUT2D eigenvalue weighted by molar-refractivity contribution is -0.127. The first-order valence-corrected chi connectivity index (χ1v) is 9.07. The smallest absolute Gasteiger partial charge is 0.306 e. The summed E-state index contributed by atoms with van der Waals surface area (Å²) in [5, 5.41) is 0. The van der Waals surface area contributed by atoms with Gasteiger partial charge in [-0.2, -0.15) is 13.2 Å². The highest BCUT2D eigenvalue weighted by Crippen LogP contribution is 2.25. The van der Waals surface area contributed by atoms with E-state index in [0.717, 1.165) is 11.6 Å². The first-order chi connectivity index (χ1) is 13.7. The van der Waals surface area contributed by atoms with Crippen LogP contribution in [0.5, 0.6) is 0 Å². The van der Waals surface area contributed by atoms with E-state index in [4.69, 9.17) is 0 Å². The molecule has 0 aliphatic carbocycles. The number of hydrogen-bond acceptors (Lipinski definition) is 3. The lowest BCUT2D eigenvalue weighted by atomic mass is 9.93. The van der Waals surface area contributed by atoms with Gasteiger partial charge in [0.15, 0.2) is 5.78 Å². The molecule has 0 spiro atoms. The molecule has 1 heterocycles. The normalized spacial score (nSPS) is 12.6. The molecule has 2 aromatic carbocycles. The molecule has 7 heteroatoms. The molecule has 29 heavy (non-hydrogen) atoms. The van der Waals surface area contributed by atoms with E-state index in [9.17, 15) is 22.8 Å². The third-order valence-corrected chi connectivity index (χ3v) is 4.52. The van der Waals surface area contributed by atoms with Crippen LogP contribution in [0.2, 0.25) is 0 Å². The van der Waals surface area contributed by atoms with Gasteiger partial charge in [0.1, 0.15) is 11.5 Å². The van der Waals surface area contributed by atoms with Crippen molar-refractivity contribution in [1.82, 2.24) is 9.97 Å². The van der Waals surface area contributed by atoms with Gasteiger partial charge in [0.2, 0.25) is 0 Å². The number of halogens is 3. The number of alkyl halides is 3. The van der Waals surface area contributed by atoms with Crippen LogP contribution < -0.4 is 5.56 Å². The largest absolute Gasteiger partial charge is 0.393 e. The zero-order valence-corrected chi connectivity index (χ0v) is 15.7. The fraction of sp³-hybridized carbons (Fsp3) is 0.227. The monoisotopic (exact) mass is 400 g/mol. The number of nitrogens with zero attached hydrogens (tertiary/aromatic N) is 1. The van der Waals surface area contributed by atoms with E-state index in [0.29, 0.717) is 11.4 Å². The quantitative estimate of drug-likeness (QED) is 0.598. The Hall–Kier alpha value is -3.22. The number of nitrogens with one attached hydrogen (secondary N) is 1. The Morgan fingerprint density at radius 3 is 2.34 bits per heavy atom. The second-order valence-electron chi connectivity index (χ2n) is 6.91. The summed E-state index contributed by atoms with van der Waals surface area (Å²) in [7, 11) is 0. The molecule has 0 saturated carbocycles. The van der Waals surface area contributed by atoms with Crippen molar-refractivity contribution < 1.29 is 18.0 Å². The van der Waals surface area contributed by atoms with Crippen LogP contribution in [0.3, 0.4) is 0 Å². The summed E-state index contributed by atoms with van der Waals surface area (Å²) in [5.74, 6) is -0.227. The van der Waals surface area contributed by atoms with E-state index in [2.05, 4.69) is 9.97 Å². The van der Waals surface area contributed by atoms with Crippen molar-refractivity contribution in [1.29, 1.82) is 0 Å². The second-order valence-corrected chi connectivity index (χ2v) is 6.91. The third kappa shape index (κ3) is 5.63. The Morgan fingerprint density at radius 1 is 1.07 bits per heavy atom. The fourth-order valence-corrected chi connectivity index (χ4v) is 3.03. The number of aromatic nitrogens is 2. The number of Topliss-reactive ketones (excluding diaryl/α,β-unsaturated/α-hetero) is 1. The SMILES string of the molecule is C[C@@H](CC(=O)c1cc(=O)[nH]c(-c2ccccc2)n1)c1ccc(CC(F)(F)F)cc1. The van der Waals surface area contributed by atoms with Crippen LogP contribution in [0.25, 0.3) is 11.4 Å². The van der Waals surface area contributed by atoms with Crippen molar-refractivity contribution in [2.75, 3.05) is 0 Å². The van der Waals surface area contributed by atoms with Crippen LogP contribution in [0, 0.1) is 0 Å². The molecule has 0 saturated heterocycles. The van der Waals surface area contributed by atoms with E-state index in [-0.39, 0.29) is 29.4 Å². The zero-order chi connectivity index (χ0) is 21.0.